The summed E-state index contributed by atoms with van der Waals surface area (Å²) in [4.78, 5) is 14.1. The lowest BCUT2D eigenvalue weighted by Crippen LogP contribution is -2.03. The fourth-order valence-corrected chi connectivity index (χ4v) is 3.81. The lowest BCUT2D eigenvalue weighted by atomic mass is 10.1. The maximum Gasteiger partial charge on any atom is 0.122 e. The van der Waals surface area contributed by atoms with E-state index in [2.05, 4.69) is 34.0 Å². The van der Waals surface area contributed by atoms with Crippen LogP contribution in [0.5, 0.6) is 0 Å². The molecule has 0 aliphatic rings. The molecule has 0 amide bonds. The minimum Gasteiger partial charge on any atom is -0.397 e. The fourth-order valence-electron chi connectivity index (χ4n) is 2.81. The van der Waals surface area contributed by atoms with E-state index in [1.54, 1.807) is 31.1 Å². The molecule has 4 aromatic rings. The lowest BCUT2D eigenvalue weighted by molar-refractivity contribution is 0.318. The zero-order chi connectivity index (χ0) is 25.1. The van der Waals surface area contributed by atoms with Gasteiger partial charge in [-0.25, -0.2) is 4.99 Å². The number of aliphatic hydroxyl groups excluding tert-OH is 1. The first-order valence-corrected chi connectivity index (χ1v) is 12.8. The highest BCUT2D eigenvalue weighted by Crippen LogP contribution is 2.18. The fraction of sp³-hybridized carbons (Fsp3) is 0.172. The van der Waals surface area contributed by atoms with Crippen LogP contribution in [0.3, 0.4) is 0 Å². The van der Waals surface area contributed by atoms with Gasteiger partial charge in [-0.1, -0.05) is 79.8 Å². The largest absolute Gasteiger partial charge is 0.397 e. The molecule has 4 nitrogen and oxygen atoms in total. The normalized spacial score (nSPS) is 10.3. The van der Waals surface area contributed by atoms with Crippen molar-refractivity contribution in [2.75, 3.05) is 12.4 Å². The van der Waals surface area contributed by atoms with E-state index in [-0.39, 0.29) is 6.61 Å². The van der Waals surface area contributed by atoms with Crippen molar-refractivity contribution in [2.24, 2.45) is 4.99 Å². The van der Waals surface area contributed by atoms with Gasteiger partial charge in [0.1, 0.15) is 5.04 Å². The van der Waals surface area contributed by atoms with E-state index in [9.17, 15) is 0 Å². The van der Waals surface area contributed by atoms with Gasteiger partial charge >= 0.3 is 0 Å². The Hall–Kier alpha value is -3.19. The molecule has 180 valence electrons. The molecule has 0 spiro atoms. The number of aromatic nitrogens is 2. The van der Waals surface area contributed by atoms with Crippen LogP contribution in [-0.2, 0) is 6.42 Å². The van der Waals surface area contributed by atoms with Crippen LogP contribution in [0.2, 0.25) is 0 Å². The summed E-state index contributed by atoms with van der Waals surface area (Å²) in [5.41, 5.74) is 4.03. The van der Waals surface area contributed by atoms with Crippen molar-refractivity contribution in [3.05, 3.63) is 126 Å². The van der Waals surface area contributed by atoms with Crippen molar-refractivity contribution in [3.8, 4) is 0 Å². The molecule has 35 heavy (non-hydrogen) atoms. The molecule has 6 heteroatoms. The van der Waals surface area contributed by atoms with Gasteiger partial charge in [0, 0.05) is 30.3 Å². The molecular formula is C29H31N3OS2. The lowest BCUT2D eigenvalue weighted by Gasteiger charge is -2.03. The minimum absolute atomic E-state index is 0.250. The summed E-state index contributed by atoms with van der Waals surface area (Å²) in [5.74, 6) is 0.988. The second-order valence-corrected chi connectivity index (χ2v) is 8.76. The highest BCUT2D eigenvalue weighted by atomic mass is 32.2. The molecular weight excluding hydrogens is 470 g/mol. The summed E-state index contributed by atoms with van der Waals surface area (Å²) in [7, 11) is 0. The van der Waals surface area contributed by atoms with Gasteiger partial charge in [-0.05, 0) is 54.6 Å². The second kappa shape index (κ2) is 17.3. The average molecular weight is 502 g/mol. The second-order valence-electron chi connectivity index (χ2n) is 7.02. The molecule has 4 rings (SSSR count). The Bertz CT molecular complexity index is 1120. The van der Waals surface area contributed by atoms with Crippen molar-refractivity contribution in [2.45, 2.75) is 20.3 Å². The van der Waals surface area contributed by atoms with Crippen LogP contribution in [0.4, 0.5) is 5.69 Å². The van der Waals surface area contributed by atoms with Crippen LogP contribution >= 0.6 is 24.0 Å². The Morgan fingerprint density at radius 3 is 1.80 bits per heavy atom. The number of thioether (sulfide) groups is 1. The van der Waals surface area contributed by atoms with Crippen LogP contribution in [0.1, 0.15) is 30.8 Å². The smallest absolute Gasteiger partial charge is 0.122 e. The van der Waals surface area contributed by atoms with Gasteiger partial charge < -0.3 is 5.11 Å². The zero-order valence-corrected chi connectivity index (χ0v) is 21.8. The van der Waals surface area contributed by atoms with E-state index < -0.39 is 0 Å². The first-order chi connectivity index (χ1) is 17.2. The molecule has 0 aliphatic heterocycles. The Balaban J connectivity index is 0.000000223. The Kier molecular flexibility index (Phi) is 13.8. The number of hydrogen-bond acceptors (Lipinski definition) is 6. The Morgan fingerprint density at radius 1 is 0.771 bits per heavy atom. The minimum atomic E-state index is 0.250. The SMILES string of the molecule is CCO.CCSC(=Nc1ccccc1)c1ccccn1.S=C(Cc1ccccc1)c1ccccn1. The van der Waals surface area contributed by atoms with Gasteiger partial charge in [-0.15, -0.1) is 11.8 Å². The summed E-state index contributed by atoms with van der Waals surface area (Å²) in [6.45, 7) is 4.05. The Morgan fingerprint density at radius 2 is 1.29 bits per heavy atom. The number of para-hydroxylation sites is 1. The monoisotopic (exact) mass is 501 g/mol. The maximum absolute atomic E-state index is 7.57. The highest BCUT2D eigenvalue weighted by Gasteiger charge is 2.04. The molecule has 2 aromatic heterocycles. The summed E-state index contributed by atoms with van der Waals surface area (Å²) >= 11 is 7.05. The van der Waals surface area contributed by atoms with Crippen LogP contribution in [-0.4, -0.2) is 37.3 Å². The maximum atomic E-state index is 7.57. The van der Waals surface area contributed by atoms with Crippen molar-refractivity contribution < 1.29 is 5.11 Å². The molecule has 2 aromatic carbocycles. The van der Waals surface area contributed by atoms with Crippen molar-refractivity contribution in [1.82, 2.24) is 9.97 Å². The van der Waals surface area contributed by atoms with Crippen molar-refractivity contribution in [3.63, 3.8) is 0 Å². The molecule has 1 N–H and O–H groups in total. The third-order valence-corrected chi connectivity index (χ3v) is 5.53. The number of pyridine rings is 2. The van der Waals surface area contributed by atoms with Gasteiger partial charge in [0.25, 0.3) is 0 Å². The molecule has 0 saturated carbocycles. The van der Waals surface area contributed by atoms with E-state index in [1.807, 2.05) is 84.9 Å². The predicted molar refractivity (Wildman–Crippen MR) is 154 cm³/mol. The summed E-state index contributed by atoms with van der Waals surface area (Å²) in [6, 6.07) is 31.9. The zero-order valence-electron chi connectivity index (χ0n) is 20.1. The van der Waals surface area contributed by atoms with Crippen molar-refractivity contribution >= 4 is 39.6 Å². The van der Waals surface area contributed by atoms with Crippen LogP contribution in [0, 0.1) is 0 Å². The van der Waals surface area contributed by atoms with E-state index in [0.29, 0.717) is 0 Å². The van der Waals surface area contributed by atoms with E-state index in [4.69, 9.17) is 17.3 Å². The van der Waals surface area contributed by atoms with Crippen LogP contribution in [0.25, 0.3) is 0 Å². The van der Waals surface area contributed by atoms with Crippen LogP contribution < -0.4 is 0 Å². The van der Waals surface area contributed by atoms with E-state index in [0.717, 1.165) is 39.2 Å². The average Bonchev–Trinajstić information content (AvgIpc) is 2.91. The van der Waals surface area contributed by atoms with Gasteiger partial charge in [0.2, 0.25) is 0 Å². The molecule has 0 bridgehead atoms. The molecule has 0 aliphatic carbocycles. The van der Waals surface area contributed by atoms with Gasteiger partial charge in [-0.2, -0.15) is 0 Å². The Labute approximate surface area is 218 Å². The summed E-state index contributed by atoms with van der Waals surface area (Å²) in [6.07, 6.45) is 4.35. The first-order valence-electron chi connectivity index (χ1n) is 11.4. The molecule has 0 saturated heterocycles. The van der Waals surface area contributed by atoms with E-state index >= 15 is 0 Å². The molecule has 0 fully saturated rings. The third kappa shape index (κ3) is 11.2. The number of benzene rings is 2. The molecule has 0 radical (unpaired) electrons. The molecule has 2 heterocycles. The predicted octanol–water partition coefficient (Wildman–Crippen LogP) is 6.95. The topological polar surface area (TPSA) is 58.4 Å². The third-order valence-electron chi connectivity index (χ3n) is 4.31. The standard InChI is InChI=1S/C14H14N2S.C13H11NS.C2H6O/c1-2-17-14(13-10-6-7-11-15-13)16-12-8-4-3-5-9-12;15-13(12-8-4-5-9-14-12)10-11-6-2-1-3-7-11;1-2-3/h3-11H,2H2,1H3;1-9H,10H2;3H,2H2,1H3. The summed E-state index contributed by atoms with van der Waals surface area (Å²) in [5, 5.41) is 8.54. The first kappa shape index (κ1) is 28.1. The van der Waals surface area contributed by atoms with Crippen molar-refractivity contribution in [1.29, 1.82) is 0 Å². The number of aliphatic hydroxyl groups is 1. The summed E-state index contributed by atoms with van der Waals surface area (Å²) < 4.78 is 0. The van der Waals surface area contributed by atoms with E-state index in [1.165, 1.54) is 5.56 Å². The molecule has 0 unspecified atom stereocenters. The highest BCUT2D eigenvalue weighted by molar-refractivity contribution is 8.14. The van der Waals surface area contributed by atoms with Gasteiger partial charge in [0.05, 0.1) is 17.1 Å². The number of hydrogen-bond donors (Lipinski definition) is 1. The van der Waals surface area contributed by atoms with Gasteiger partial charge in [-0.3, -0.25) is 9.97 Å². The number of rotatable bonds is 6. The number of thiocarbonyl (C=S) groups is 1. The van der Waals surface area contributed by atoms with Gasteiger partial charge in [0.15, 0.2) is 0 Å². The quantitative estimate of drug-likeness (QED) is 0.134. The van der Waals surface area contributed by atoms with Crippen LogP contribution in [0.15, 0.2) is 114 Å². The number of aliphatic imine (C=N–C) groups is 1. The number of nitrogens with zero attached hydrogens (tertiary/aromatic N) is 3. The molecule has 0 atom stereocenters.